The standard InChI is InChI=1S/C22H21ClN2O3/c1-2-19(26)16-5-3-4-6-17(16)22(27)25-10-9-14(13-25)11-21-24-18-8-7-15(23)12-20(18)28-21/h3-8,12,14H,2,9-11,13H2,1H3/t14-/m0/s1. The van der Waals surface area contributed by atoms with Gasteiger partial charge in [0, 0.05) is 42.6 Å². The number of carbonyl (C=O) groups is 2. The smallest absolute Gasteiger partial charge is 0.254 e. The van der Waals surface area contributed by atoms with Crippen LogP contribution in [0.5, 0.6) is 0 Å². The maximum Gasteiger partial charge on any atom is 0.254 e. The monoisotopic (exact) mass is 396 g/mol. The molecule has 1 saturated heterocycles. The van der Waals surface area contributed by atoms with Crippen molar-refractivity contribution in [3.63, 3.8) is 0 Å². The predicted octanol–water partition coefficient (Wildman–Crippen LogP) is 4.78. The Kier molecular flexibility index (Phi) is 5.18. The van der Waals surface area contributed by atoms with Gasteiger partial charge in [-0.1, -0.05) is 36.7 Å². The third kappa shape index (κ3) is 3.67. The normalized spacial score (nSPS) is 16.6. The first-order valence-corrected chi connectivity index (χ1v) is 9.89. The first-order chi connectivity index (χ1) is 13.5. The van der Waals surface area contributed by atoms with Crippen LogP contribution in [-0.4, -0.2) is 34.7 Å². The number of aromatic nitrogens is 1. The van der Waals surface area contributed by atoms with Gasteiger partial charge in [0.25, 0.3) is 5.91 Å². The number of amides is 1. The molecule has 0 spiro atoms. The Morgan fingerprint density at radius 3 is 2.79 bits per heavy atom. The molecule has 0 bridgehead atoms. The highest BCUT2D eigenvalue weighted by atomic mass is 35.5. The van der Waals surface area contributed by atoms with Gasteiger partial charge in [-0.3, -0.25) is 9.59 Å². The zero-order chi connectivity index (χ0) is 19.7. The molecule has 2 heterocycles. The van der Waals surface area contributed by atoms with Crippen LogP contribution in [0.1, 0.15) is 46.4 Å². The first-order valence-electron chi connectivity index (χ1n) is 9.51. The minimum atomic E-state index is -0.0794. The molecule has 2 aromatic carbocycles. The van der Waals surface area contributed by atoms with Gasteiger partial charge < -0.3 is 9.32 Å². The van der Waals surface area contributed by atoms with Crippen molar-refractivity contribution in [2.75, 3.05) is 13.1 Å². The SMILES string of the molecule is CCC(=O)c1ccccc1C(=O)N1CC[C@@H](Cc2nc3ccc(Cl)cc3o2)C1. The van der Waals surface area contributed by atoms with Gasteiger partial charge in [-0.2, -0.15) is 0 Å². The Bertz CT molecular complexity index is 1040. The maximum atomic E-state index is 13.0. The number of fused-ring (bicyclic) bond motifs is 1. The summed E-state index contributed by atoms with van der Waals surface area (Å²) in [7, 11) is 0. The van der Waals surface area contributed by atoms with E-state index in [1.165, 1.54) is 0 Å². The minimum absolute atomic E-state index is 0.00941. The van der Waals surface area contributed by atoms with Crippen LogP contribution < -0.4 is 0 Å². The highest BCUT2D eigenvalue weighted by Gasteiger charge is 2.29. The summed E-state index contributed by atoms with van der Waals surface area (Å²) in [5.41, 5.74) is 2.47. The van der Waals surface area contributed by atoms with Crippen molar-refractivity contribution in [3.05, 3.63) is 64.5 Å². The van der Waals surface area contributed by atoms with Gasteiger partial charge >= 0.3 is 0 Å². The van der Waals surface area contributed by atoms with Gasteiger partial charge in [0.05, 0.1) is 5.56 Å². The van der Waals surface area contributed by atoms with E-state index in [0.29, 0.717) is 53.6 Å². The van der Waals surface area contributed by atoms with Crippen molar-refractivity contribution < 1.29 is 14.0 Å². The average molecular weight is 397 g/mol. The fourth-order valence-corrected chi connectivity index (χ4v) is 3.90. The van der Waals surface area contributed by atoms with Crippen LogP contribution in [0.4, 0.5) is 0 Å². The van der Waals surface area contributed by atoms with Crippen LogP contribution in [0.2, 0.25) is 5.02 Å². The summed E-state index contributed by atoms with van der Waals surface area (Å²) >= 11 is 6.00. The number of ketones is 1. The minimum Gasteiger partial charge on any atom is -0.441 e. The van der Waals surface area contributed by atoms with E-state index in [1.807, 2.05) is 17.9 Å². The molecule has 1 aromatic heterocycles. The zero-order valence-electron chi connectivity index (χ0n) is 15.7. The third-order valence-corrected chi connectivity index (χ3v) is 5.45. The number of benzene rings is 2. The molecule has 3 aromatic rings. The van der Waals surface area contributed by atoms with Crippen LogP contribution >= 0.6 is 11.6 Å². The van der Waals surface area contributed by atoms with Crippen molar-refractivity contribution >= 4 is 34.4 Å². The summed E-state index contributed by atoms with van der Waals surface area (Å²) in [5, 5.41) is 0.619. The maximum absolute atomic E-state index is 13.0. The van der Waals surface area contributed by atoms with E-state index >= 15 is 0 Å². The molecule has 1 amide bonds. The van der Waals surface area contributed by atoms with E-state index in [1.54, 1.807) is 36.4 Å². The van der Waals surface area contributed by atoms with E-state index in [2.05, 4.69) is 4.98 Å². The Labute approximate surface area is 168 Å². The molecule has 0 aliphatic carbocycles. The number of likely N-dealkylation sites (tertiary alicyclic amines) is 1. The first kappa shape index (κ1) is 18.7. The molecule has 1 fully saturated rings. The summed E-state index contributed by atoms with van der Waals surface area (Å²) < 4.78 is 5.81. The van der Waals surface area contributed by atoms with Gasteiger partial charge in [0.15, 0.2) is 17.3 Å². The molecule has 5 nitrogen and oxygen atoms in total. The third-order valence-electron chi connectivity index (χ3n) is 5.21. The molecule has 144 valence electrons. The lowest BCUT2D eigenvalue weighted by molar-refractivity contribution is 0.0780. The molecule has 6 heteroatoms. The largest absolute Gasteiger partial charge is 0.441 e. The molecule has 1 aliphatic heterocycles. The molecule has 1 atom stereocenters. The lowest BCUT2D eigenvalue weighted by Gasteiger charge is -2.18. The van der Waals surface area contributed by atoms with E-state index in [9.17, 15) is 9.59 Å². The lowest BCUT2D eigenvalue weighted by atomic mass is 10.0. The van der Waals surface area contributed by atoms with Crippen molar-refractivity contribution in [1.82, 2.24) is 9.88 Å². The summed E-state index contributed by atoms with van der Waals surface area (Å²) in [6, 6.07) is 12.5. The number of carbonyl (C=O) groups excluding carboxylic acids is 2. The van der Waals surface area contributed by atoms with Gasteiger partial charge in [0.2, 0.25) is 0 Å². The predicted molar refractivity (Wildman–Crippen MR) is 108 cm³/mol. The second-order valence-electron chi connectivity index (χ2n) is 7.15. The van der Waals surface area contributed by atoms with Crippen LogP contribution in [-0.2, 0) is 6.42 Å². The highest BCUT2D eigenvalue weighted by Crippen LogP contribution is 2.26. The van der Waals surface area contributed by atoms with E-state index in [-0.39, 0.29) is 17.6 Å². The molecule has 4 rings (SSSR count). The molecule has 28 heavy (non-hydrogen) atoms. The van der Waals surface area contributed by atoms with Crippen molar-refractivity contribution in [3.8, 4) is 0 Å². The average Bonchev–Trinajstić information content (AvgIpc) is 3.33. The van der Waals surface area contributed by atoms with E-state index in [0.717, 1.165) is 11.9 Å². The quantitative estimate of drug-likeness (QED) is 0.582. The van der Waals surface area contributed by atoms with Crippen LogP contribution in [0.3, 0.4) is 0 Å². The number of rotatable bonds is 5. The number of nitrogens with zero attached hydrogens (tertiary/aromatic N) is 2. The zero-order valence-corrected chi connectivity index (χ0v) is 16.4. The number of Topliss-reactive ketones (excluding diaryl/α,β-unsaturated/α-hetero) is 1. The fraction of sp³-hybridized carbons (Fsp3) is 0.318. The summed E-state index contributed by atoms with van der Waals surface area (Å²) in [4.78, 5) is 31.5. The molecule has 0 radical (unpaired) electrons. The van der Waals surface area contributed by atoms with Gasteiger partial charge in [-0.15, -0.1) is 0 Å². The van der Waals surface area contributed by atoms with Gasteiger partial charge in [-0.25, -0.2) is 4.98 Å². The topological polar surface area (TPSA) is 63.4 Å². The molecular formula is C22H21ClN2O3. The second kappa shape index (κ2) is 7.76. The Hall–Kier alpha value is -2.66. The molecule has 0 saturated carbocycles. The molecule has 1 aliphatic rings. The van der Waals surface area contributed by atoms with Crippen LogP contribution in [0, 0.1) is 5.92 Å². The van der Waals surface area contributed by atoms with Gasteiger partial charge in [-0.05, 0) is 30.5 Å². The van der Waals surface area contributed by atoms with Crippen LogP contribution in [0.15, 0.2) is 46.9 Å². The van der Waals surface area contributed by atoms with Gasteiger partial charge in [0.1, 0.15) is 5.52 Å². The van der Waals surface area contributed by atoms with E-state index in [4.69, 9.17) is 16.0 Å². The molecule has 0 N–H and O–H groups in total. The lowest BCUT2D eigenvalue weighted by Crippen LogP contribution is -2.30. The summed E-state index contributed by atoms with van der Waals surface area (Å²) in [6.45, 7) is 3.11. The van der Waals surface area contributed by atoms with E-state index < -0.39 is 0 Å². The van der Waals surface area contributed by atoms with Crippen molar-refractivity contribution in [1.29, 1.82) is 0 Å². The van der Waals surface area contributed by atoms with Crippen molar-refractivity contribution in [2.45, 2.75) is 26.2 Å². The molecule has 0 unspecified atom stereocenters. The number of hydrogen-bond acceptors (Lipinski definition) is 4. The summed E-state index contributed by atoms with van der Waals surface area (Å²) in [5.74, 6) is 0.855. The number of halogens is 1. The second-order valence-corrected chi connectivity index (χ2v) is 7.59. The Morgan fingerprint density at radius 2 is 2.00 bits per heavy atom. The highest BCUT2D eigenvalue weighted by molar-refractivity contribution is 6.31. The number of oxazole rings is 1. The Balaban J connectivity index is 1.46. The fourth-order valence-electron chi connectivity index (χ4n) is 3.74. The van der Waals surface area contributed by atoms with Crippen molar-refractivity contribution in [2.24, 2.45) is 5.92 Å². The Morgan fingerprint density at radius 1 is 1.21 bits per heavy atom. The van der Waals surface area contributed by atoms with Crippen LogP contribution in [0.25, 0.3) is 11.1 Å². The number of hydrogen-bond donors (Lipinski definition) is 0. The molecular weight excluding hydrogens is 376 g/mol. The summed E-state index contributed by atoms with van der Waals surface area (Å²) in [6.07, 6.45) is 1.94.